The summed E-state index contributed by atoms with van der Waals surface area (Å²) in [6.45, 7) is 4.21. The number of benzene rings is 3. The Labute approximate surface area is 170 Å². The van der Waals surface area contributed by atoms with Crippen LogP contribution in [-0.2, 0) is 11.3 Å². The second kappa shape index (κ2) is 11.1. The molecule has 0 saturated heterocycles. The highest BCUT2D eigenvalue weighted by Crippen LogP contribution is 2.09. The molecule has 0 amide bonds. The maximum Gasteiger partial charge on any atom is 0.216 e. The molecule has 3 rings (SSSR count). The molecular formula is C23H20O2S2. The van der Waals surface area contributed by atoms with Crippen molar-refractivity contribution in [1.82, 2.24) is 0 Å². The first-order chi connectivity index (χ1) is 13.1. The Morgan fingerprint density at radius 1 is 0.889 bits per heavy atom. The Morgan fingerprint density at radius 3 is 1.85 bits per heavy atom. The Bertz CT molecular complexity index is 873. The Balaban J connectivity index is 0.000000244. The van der Waals surface area contributed by atoms with E-state index in [2.05, 4.69) is 19.2 Å². The molecule has 0 aliphatic rings. The highest BCUT2D eigenvalue weighted by atomic mass is 32.1. The highest BCUT2D eigenvalue weighted by Gasteiger charge is 2.01. The lowest BCUT2D eigenvalue weighted by Gasteiger charge is -2.07. The number of ether oxygens (including phenoxy) is 1. The zero-order chi connectivity index (χ0) is 19.5. The number of thiocarbonyl (C=S) groups is 1. The van der Waals surface area contributed by atoms with Crippen molar-refractivity contribution < 1.29 is 9.53 Å². The van der Waals surface area contributed by atoms with E-state index in [9.17, 15) is 4.79 Å². The van der Waals surface area contributed by atoms with Gasteiger partial charge in [-0.05, 0) is 23.3 Å². The van der Waals surface area contributed by atoms with E-state index >= 15 is 0 Å². The maximum absolute atomic E-state index is 10.5. The van der Waals surface area contributed by atoms with Gasteiger partial charge in [-0.25, -0.2) is 0 Å². The molecule has 0 bridgehead atoms. The SMILES string of the molecule is C=Cc1ccc(COC(=S)c2ccccc2)cc1.O=C(S)c1ccccc1. The van der Waals surface area contributed by atoms with Gasteiger partial charge in [-0.3, -0.25) is 4.79 Å². The molecular weight excluding hydrogens is 372 g/mol. The van der Waals surface area contributed by atoms with E-state index < -0.39 is 0 Å². The van der Waals surface area contributed by atoms with Crippen LogP contribution in [0, 0.1) is 0 Å². The van der Waals surface area contributed by atoms with Crippen molar-refractivity contribution in [3.8, 4) is 0 Å². The first-order valence-corrected chi connectivity index (χ1v) is 9.17. The van der Waals surface area contributed by atoms with Gasteiger partial charge in [0.15, 0.2) is 5.05 Å². The van der Waals surface area contributed by atoms with Gasteiger partial charge in [0, 0.05) is 11.1 Å². The first kappa shape index (κ1) is 20.6. The van der Waals surface area contributed by atoms with E-state index in [1.54, 1.807) is 12.1 Å². The van der Waals surface area contributed by atoms with Crippen LogP contribution in [0.3, 0.4) is 0 Å². The van der Waals surface area contributed by atoms with Crippen molar-refractivity contribution in [3.63, 3.8) is 0 Å². The smallest absolute Gasteiger partial charge is 0.216 e. The number of carbonyl (C=O) groups excluding carboxylic acids is 1. The summed E-state index contributed by atoms with van der Waals surface area (Å²) in [5.74, 6) is 0. The summed E-state index contributed by atoms with van der Waals surface area (Å²) in [7, 11) is 0. The van der Waals surface area contributed by atoms with Crippen LogP contribution in [0.15, 0.2) is 91.5 Å². The Hall–Kier alpha value is -2.69. The summed E-state index contributed by atoms with van der Waals surface area (Å²) in [6.07, 6.45) is 1.82. The van der Waals surface area contributed by atoms with Gasteiger partial charge in [0.05, 0.1) is 0 Å². The van der Waals surface area contributed by atoms with E-state index in [4.69, 9.17) is 17.0 Å². The number of thiol groups is 1. The second-order valence-electron chi connectivity index (χ2n) is 5.56. The fraction of sp³-hybridized carbons (Fsp3) is 0.0435. The summed E-state index contributed by atoms with van der Waals surface area (Å²) in [5, 5.41) is 0.346. The number of carbonyl (C=O) groups is 1. The average Bonchev–Trinajstić information content (AvgIpc) is 2.74. The van der Waals surface area contributed by atoms with E-state index in [1.807, 2.05) is 78.9 Å². The molecule has 0 heterocycles. The molecule has 0 aromatic heterocycles. The molecule has 3 aromatic carbocycles. The van der Waals surface area contributed by atoms with Crippen LogP contribution in [-0.4, -0.2) is 10.2 Å². The first-order valence-electron chi connectivity index (χ1n) is 8.32. The van der Waals surface area contributed by atoms with Gasteiger partial charge in [0.25, 0.3) is 0 Å². The van der Waals surface area contributed by atoms with Crippen LogP contribution in [0.1, 0.15) is 27.0 Å². The molecule has 136 valence electrons. The van der Waals surface area contributed by atoms with Gasteiger partial charge < -0.3 is 4.74 Å². The van der Waals surface area contributed by atoms with Gasteiger partial charge in [-0.1, -0.05) is 97.6 Å². The third-order valence-electron chi connectivity index (χ3n) is 3.62. The Morgan fingerprint density at radius 2 is 1.41 bits per heavy atom. The molecule has 2 nitrogen and oxygen atoms in total. The van der Waals surface area contributed by atoms with E-state index in [-0.39, 0.29) is 5.12 Å². The molecule has 0 fully saturated rings. The molecule has 0 radical (unpaired) electrons. The minimum Gasteiger partial charge on any atom is -0.478 e. The molecule has 0 unspecified atom stereocenters. The van der Waals surface area contributed by atoms with Crippen molar-refractivity contribution in [2.45, 2.75) is 6.61 Å². The lowest BCUT2D eigenvalue weighted by atomic mass is 10.1. The third-order valence-corrected chi connectivity index (χ3v) is 4.23. The van der Waals surface area contributed by atoms with Gasteiger partial charge in [-0.2, -0.15) is 0 Å². The maximum atomic E-state index is 10.5. The quantitative estimate of drug-likeness (QED) is 0.427. The largest absolute Gasteiger partial charge is 0.478 e. The molecule has 0 N–H and O–H groups in total. The second-order valence-corrected chi connectivity index (χ2v) is 6.34. The molecule has 0 aliphatic carbocycles. The topological polar surface area (TPSA) is 26.3 Å². The number of rotatable bonds is 5. The minimum atomic E-state index is -0.185. The minimum absolute atomic E-state index is 0.185. The van der Waals surface area contributed by atoms with Crippen LogP contribution in [0.4, 0.5) is 0 Å². The predicted molar refractivity (Wildman–Crippen MR) is 119 cm³/mol. The lowest BCUT2D eigenvalue weighted by molar-refractivity contribution is 0.109. The van der Waals surface area contributed by atoms with Gasteiger partial charge in [0.2, 0.25) is 5.12 Å². The molecule has 0 atom stereocenters. The van der Waals surface area contributed by atoms with E-state index in [0.29, 0.717) is 17.2 Å². The summed E-state index contributed by atoms with van der Waals surface area (Å²) in [4.78, 5) is 10.5. The van der Waals surface area contributed by atoms with Gasteiger partial charge in [-0.15, -0.1) is 12.6 Å². The fourth-order valence-electron chi connectivity index (χ4n) is 2.14. The Kier molecular flexibility index (Phi) is 8.49. The predicted octanol–water partition coefficient (Wildman–Crippen LogP) is 5.98. The van der Waals surface area contributed by atoms with Crippen molar-refractivity contribution in [1.29, 1.82) is 0 Å². The van der Waals surface area contributed by atoms with Crippen LogP contribution in [0.2, 0.25) is 0 Å². The van der Waals surface area contributed by atoms with Crippen molar-refractivity contribution in [2.24, 2.45) is 0 Å². The van der Waals surface area contributed by atoms with Crippen LogP contribution in [0.25, 0.3) is 6.08 Å². The van der Waals surface area contributed by atoms with E-state index in [1.165, 1.54) is 0 Å². The summed E-state index contributed by atoms with van der Waals surface area (Å²) in [6, 6.07) is 26.8. The molecule has 4 heteroatoms. The molecule has 3 aromatic rings. The molecule has 27 heavy (non-hydrogen) atoms. The third kappa shape index (κ3) is 7.21. The molecule has 0 saturated carbocycles. The van der Waals surface area contributed by atoms with Crippen LogP contribution in [0.5, 0.6) is 0 Å². The van der Waals surface area contributed by atoms with Crippen LogP contribution < -0.4 is 0 Å². The van der Waals surface area contributed by atoms with Crippen molar-refractivity contribution in [3.05, 3.63) is 114 Å². The highest BCUT2D eigenvalue weighted by molar-refractivity contribution is 7.97. The van der Waals surface area contributed by atoms with Gasteiger partial charge >= 0.3 is 0 Å². The van der Waals surface area contributed by atoms with Crippen LogP contribution >= 0.6 is 24.8 Å². The zero-order valence-electron chi connectivity index (χ0n) is 14.7. The summed E-state index contributed by atoms with van der Waals surface area (Å²) >= 11 is 8.88. The zero-order valence-corrected chi connectivity index (χ0v) is 16.5. The molecule has 0 spiro atoms. The molecule has 0 aliphatic heterocycles. The fourth-order valence-corrected chi connectivity index (χ4v) is 2.48. The average molecular weight is 393 g/mol. The standard InChI is InChI=1S/C16H14OS.C7H6OS/c1-2-13-8-10-14(11-9-13)12-17-16(18)15-6-4-3-5-7-15;8-7(9)6-4-2-1-3-5-6/h2-11H,1,12H2;1-5H,(H,8,9). The number of hydrogen-bond donors (Lipinski definition) is 1. The van der Waals surface area contributed by atoms with Gasteiger partial charge in [0.1, 0.15) is 6.61 Å². The van der Waals surface area contributed by atoms with Crippen molar-refractivity contribution >= 4 is 41.1 Å². The number of hydrogen-bond acceptors (Lipinski definition) is 3. The normalized spacial score (nSPS) is 9.52. The summed E-state index contributed by atoms with van der Waals surface area (Å²) in [5.41, 5.74) is 3.78. The monoisotopic (exact) mass is 392 g/mol. The van der Waals surface area contributed by atoms with Crippen molar-refractivity contribution in [2.75, 3.05) is 0 Å². The lowest BCUT2D eigenvalue weighted by Crippen LogP contribution is -2.03. The van der Waals surface area contributed by atoms with E-state index in [0.717, 1.165) is 16.7 Å². The summed E-state index contributed by atoms with van der Waals surface area (Å²) < 4.78 is 5.59.